The molecule has 4 aliphatic heterocycles. The summed E-state index contributed by atoms with van der Waals surface area (Å²) < 4.78 is 2.25. The van der Waals surface area contributed by atoms with Crippen molar-refractivity contribution in [1.82, 2.24) is 40.0 Å². The maximum absolute atomic E-state index is 13.4. The summed E-state index contributed by atoms with van der Waals surface area (Å²) in [6, 6.07) is 23.4. The van der Waals surface area contributed by atoms with Gasteiger partial charge in [0.05, 0.1) is 23.4 Å². The lowest BCUT2D eigenvalue weighted by Gasteiger charge is -2.54. The average molecular weight is 780 g/mol. The van der Waals surface area contributed by atoms with E-state index in [1.54, 1.807) is 18.3 Å². The standard InChI is InChI=1S/C43H45N11O4/c55-36-17-16-35(38(56)50-36)54-39(57)32-15-14-29(22-33(32)40(54)58)46-30-24-52(25-30)43(18-20-44-21-19-43)26-10-12-28(13-11-26)47-41-45-23-34-37(51-41)53(31-8-4-5-9-31)42(49-34)48-27-6-2-1-3-7-27/h1-3,6-7,10-15,22-23,30-31,35,44,46H,4-5,8-9,16-21,24-25H2,(H,48,49)(H,45,47,51)(H,50,55,56). The van der Waals surface area contributed by atoms with E-state index in [0.717, 1.165) is 90.9 Å². The fourth-order valence-corrected chi connectivity index (χ4v) is 9.53. The van der Waals surface area contributed by atoms with Crippen LogP contribution >= 0.6 is 0 Å². The van der Waals surface area contributed by atoms with Crippen LogP contribution in [-0.4, -0.2) is 91.2 Å². The molecule has 6 heterocycles. The van der Waals surface area contributed by atoms with Crippen LogP contribution in [0.4, 0.5) is 29.0 Å². The summed E-state index contributed by atoms with van der Waals surface area (Å²) in [5.74, 6) is -0.702. The smallest absolute Gasteiger partial charge is 0.262 e. The Bertz CT molecular complexity index is 2420. The molecule has 58 heavy (non-hydrogen) atoms. The molecule has 0 spiro atoms. The molecule has 4 fully saturated rings. The van der Waals surface area contributed by atoms with Crippen molar-refractivity contribution in [2.24, 2.45) is 0 Å². The summed E-state index contributed by atoms with van der Waals surface area (Å²) in [6.07, 6.45) is 8.54. The molecule has 2 aromatic heterocycles. The van der Waals surface area contributed by atoms with Gasteiger partial charge in [0.1, 0.15) is 11.6 Å². The van der Waals surface area contributed by atoms with Crippen LogP contribution in [0.15, 0.2) is 79.0 Å². The van der Waals surface area contributed by atoms with Gasteiger partial charge in [-0.05, 0) is 93.2 Å². The largest absolute Gasteiger partial charge is 0.380 e. The number of nitrogens with one attached hydrogen (secondary N) is 5. The SMILES string of the molecule is O=C1CCC(N2C(=O)c3ccc(NC4CN(C5(c6ccc(Nc7ncc8nc(Nc9ccccc9)n(C9CCCC9)c8n7)cc6)CCNCC5)C4)cc3C2=O)C(=O)N1. The zero-order valence-corrected chi connectivity index (χ0v) is 32.0. The van der Waals surface area contributed by atoms with Gasteiger partial charge in [-0.1, -0.05) is 43.2 Å². The molecule has 10 rings (SSSR count). The quantitative estimate of drug-likeness (QED) is 0.117. The number of likely N-dealkylation sites (tertiary alicyclic amines) is 1. The van der Waals surface area contributed by atoms with Gasteiger partial charge in [-0.15, -0.1) is 0 Å². The molecule has 3 saturated heterocycles. The summed E-state index contributed by atoms with van der Waals surface area (Å²) in [7, 11) is 0. The predicted octanol–water partition coefficient (Wildman–Crippen LogP) is 5.20. The maximum atomic E-state index is 13.4. The lowest BCUT2D eigenvalue weighted by Crippen LogP contribution is -2.65. The highest BCUT2D eigenvalue weighted by atomic mass is 16.2. The van der Waals surface area contributed by atoms with Crippen LogP contribution < -0.4 is 26.6 Å². The second-order valence-electron chi connectivity index (χ2n) is 16.1. The van der Waals surface area contributed by atoms with Gasteiger partial charge in [0.15, 0.2) is 5.65 Å². The molecule has 1 unspecified atom stereocenters. The molecule has 1 saturated carbocycles. The highest BCUT2D eigenvalue weighted by Gasteiger charge is 2.47. The number of imidazole rings is 1. The van der Waals surface area contributed by atoms with E-state index in [0.29, 0.717) is 12.0 Å². The molecular weight excluding hydrogens is 735 g/mol. The Morgan fingerprint density at radius 2 is 1.48 bits per heavy atom. The summed E-state index contributed by atoms with van der Waals surface area (Å²) in [5, 5.41) is 16.3. The van der Waals surface area contributed by atoms with Crippen LogP contribution in [0.3, 0.4) is 0 Å². The molecule has 5 aliphatic rings. The van der Waals surface area contributed by atoms with Crippen molar-refractivity contribution in [3.8, 4) is 0 Å². The monoisotopic (exact) mass is 779 g/mol. The van der Waals surface area contributed by atoms with Crippen molar-refractivity contribution < 1.29 is 19.2 Å². The number of hydrogen-bond acceptors (Lipinski definition) is 12. The molecule has 3 aromatic carbocycles. The first-order valence-electron chi connectivity index (χ1n) is 20.4. The van der Waals surface area contributed by atoms with Crippen molar-refractivity contribution in [1.29, 1.82) is 0 Å². The lowest BCUT2D eigenvalue weighted by atomic mass is 9.77. The number of nitrogens with zero attached hydrogens (tertiary/aromatic N) is 6. The summed E-state index contributed by atoms with van der Waals surface area (Å²) in [4.78, 5) is 68.8. The van der Waals surface area contributed by atoms with Crippen LogP contribution in [0, 0.1) is 0 Å². The minimum absolute atomic E-state index is 0.0854. The van der Waals surface area contributed by atoms with Crippen molar-refractivity contribution in [2.75, 3.05) is 42.1 Å². The number of benzene rings is 3. The van der Waals surface area contributed by atoms with E-state index in [1.165, 1.54) is 18.4 Å². The number of piperidine rings is 2. The summed E-state index contributed by atoms with van der Waals surface area (Å²) in [6.45, 7) is 3.47. The Morgan fingerprint density at radius 1 is 0.759 bits per heavy atom. The molecule has 5 aromatic rings. The second-order valence-corrected chi connectivity index (χ2v) is 16.1. The number of carbonyl (C=O) groups is 4. The van der Waals surface area contributed by atoms with Crippen molar-refractivity contribution in [3.63, 3.8) is 0 Å². The van der Waals surface area contributed by atoms with E-state index < -0.39 is 29.7 Å². The Morgan fingerprint density at radius 3 is 2.24 bits per heavy atom. The van der Waals surface area contributed by atoms with E-state index in [2.05, 4.69) is 65.3 Å². The first kappa shape index (κ1) is 36.2. The van der Waals surface area contributed by atoms with Crippen LogP contribution in [0.5, 0.6) is 0 Å². The number of amides is 4. The number of imide groups is 2. The molecule has 296 valence electrons. The first-order valence-corrected chi connectivity index (χ1v) is 20.4. The van der Waals surface area contributed by atoms with E-state index in [4.69, 9.17) is 9.97 Å². The lowest BCUT2D eigenvalue weighted by molar-refractivity contribution is -0.136. The first-order chi connectivity index (χ1) is 28.3. The Kier molecular flexibility index (Phi) is 9.13. The molecule has 0 radical (unpaired) electrons. The number of rotatable bonds is 10. The topological polar surface area (TPSA) is 179 Å². The van der Waals surface area contributed by atoms with E-state index in [-0.39, 0.29) is 35.5 Å². The van der Waals surface area contributed by atoms with Crippen molar-refractivity contribution in [3.05, 3.63) is 95.7 Å². The molecule has 5 N–H and O–H groups in total. The Hall–Kier alpha value is -6.19. The van der Waals surface area contributed by atoms with Gasteiger partial charge in [0, 0.05) is 48.2 Å². The zero-order valence-electron chi connectivity index (χ0n) is 32.0. The van der Waals surface area contributed by atoms with E-state index in [1.807, 2.05) is 36.4 Å². The van der Waals surface area contributed by atoms with Crippen molar-refractivity contribution in [2.45, 2.75) is 75.0 Å². The third kappa shape index (κ3) is 6.43. The second kappa shape index (κ2) is 14.6. The molecule has 15 nitrogen and oxygen atoms in total. The average Bonchev–Trinajstić information content (AvgIpc) is 3.94. The normalized spacial score (nSPS) is 21.2. The number of carbonyl (C=O) groups excluding carboxylic acids is 4. The van der Waals surface area contributed by atoms with Crippen LogP contribution in [-0.2, 0) is 15.1 Å². The van der Waals surface area contributed by atoms with Gasteiger partial charge in [-0.25, -0.2) is 9.97 Å². The fourth-order valence-electron chi connectivity index (χ4n) is 9.53. The molecular formula is C43H45N11O4. The number of hydrogen-bond donors (Lipinski definition) is 5. The maximum Gasteiger partial charge on any atom is 0.262 e. The Balaban J connectivity index is 0.825. The van der Waals surface area contributed by atoms with E-state index >= 15 is 0 Å². The molecule has 1 atom stereocenters. The molecule has 15 heteroatoms. The highest BCUT2D eigenvalue weighted by Crippen LogP contribution is 2.42. The molecule has 0 bridgehead atoms. The number of fused-ring (bicyclic) bond motifs is 2. The van der Waals surface area contributed by atoms with Crippen LogP contribution in [0.2, 0.25) is 0 Å². The summed E-state index contributed by atoms with van der Waals surface area (Å²) >= 11 is 0. The van der Waals surface area contributed by atoms with Crippen molar-refractivity contribution >= 4 is 63.8 Å². The predicted molar refractivity (Wildman–Crippen MR) is 218 cm³/mol. The van der Waals surface area contributed by atoms with Gasteiger partial charge >= 0.3 is 0 Å². The van der Waals surface area contributed by atoms with Crippen LogP contribution in [0.25, 0.3) is 11.2 Å². The van der Waals surface area contributed by atoms with Gasteiger partial charge in [-0.3, -0.25) is 38.9 Å². The third-order valence-electron chi connectivity index (χ3n) is 12.6. The van der Waals surface area contributed by atoms with Crippen LogP contribution in [0.1, 0.15) is 83.7 Å². The van der Waals surface area contributed by atoms with Gasteiger partial charge in [0.25, 0.3) is 11.8 Å². The number of para-hydroxylation sites is 1. The fraction of sp³-hybridized carbons (Fsp3) is 0.372. The minimum Gasteiger partial charge on any atom is -0.380 e. The third-order valence-corrected chi connectivity index (χ3v) is 12.6. The zero-order chi connectivity index (χ0) is 39.4. The Labute approximate surface area is 335 Å². The minimum atomic E-state index is -0.987. The molecule has 4 amide bonds. The molecule has 1 aliphatic carbocycles. The van der Waals surface area contributed by atoms with E-state index in [9.17, 15) is 19.2 Å². The number of anilines is 5. The van der Waals surface area contributed by atoms with Gasteiger partial charge in [0.2, 0.25) is 23.7 Å². The number of aromatic nitrogens is 4. The van der Waals surface area contributed by atoms with Gasteiger partial charge in [-0.2, -0.15) is 4.98 Å². The van der Waals surface area contributed by atoms with Gasteiger partial charge < -0.3 is 21.3 Å². The highest BCUT2D eigenvalue weighted by molar-refractivity contribution is 6.23. The summed E-state index contributed by atoms with van der Waals surface area (Å²) in [5.41, 5.74) is 5.91.